The van der Waals surface area contributed by atoms with E-state index in [2.05, 4.69) is 59.2 Å². The third-order valence-corrected chi connectivity index (χ3v) is 8.02. The molecule has 1 aliphatic heterocycles. The number of ether oxygens (including phenoxy) is 2. The van der Waals surface area contributed by atoms with Crippen LogP contribution in [0, 0.1) is 11.2 Å². The Labute approximate surface area is 216 Å². The zero-order valence-corrected chi connectivity index (χ0v) is 23.3. The molecule has 0 amide bonds. The van der Waals surface area contributed by atoms with E-state index in [0.717, 1.165) is 66.0 Å². The van der Waals surface area contributed by atoms with Crippen LogP contribution in [0.2, 0.25) is 0 Å². The number of aromatic nitrogens is 2. The second kappa shape index (κ2) is 10.6. The zero-order valence-electron chi connectivity index (χ0n) is 21.8. The maximum absolute atomic E-state index is 14.8. The number of aryl methyl sites for hydroxylation is 1. The Kier molecular flexibility index (Phi) is 7.89. The second-order valence-electron chi connectivity index (χ2n) is 10.2. The van der Waals surface area contributed by atoms with E-state index < -0.39 is 0 Å². The van der Waals surface area contributed by atoms with Crippen LogP contribution in [0.1, 0.15) is 58.4 Å². The van der Waals surface area contributed by atoms with Gasteiger partial charge in [-0.15, -0.1) is 0 Å². The van der Waals surface area contributed by atoms with Gasteiger partial charge in [0.2, 0.25) is 0 Å². The molecule has 35 heavy (non-hydrogen) atoms. The molecule has 1 fully saturated rings. The van der Waals surface area contributed by atoms with E-state index in [-0.39, 0.29) is 17.3 Å². The van der Waals surface area contributed by atoms with Crippen LogP contribution < -0.4 is 4.90 Å². The van der Waals surface area contributed by atoms with E-state index in [1.54, 1.807) is 13.2 Å². The number of anilines is 1. The molecule has 0 bridgehead atoms. The summed E-state index contributed by atoms with van der Waals surface area (Å²) in [6.45, 7) is 14.8. The molecule has 0 spiro atoms. The number of nitrogens with zero attached hydrogens (tertiary/aromatic N) is 3. The van der Waals surface area contributed by atoms with Gasteiger partial charge in [0.15, 0.2) is 0 Å². The zero-order chi connectivity index (χ0) is 25.3. The van der Waals surface area contributed by atoms with Gasteiger partial charge < -0.3 is 18.9 Å². The van der Waals surface area contributed by atoms with E-state index in [0.29, 0.717) is 17.7 Å². The Morgan fingerprint density at radius 3 is 2.54 bits per heavy atom. The SMILES string of the molecule is CCn1c(-c2cc(N3CCOCC3)cnc2C(C)OC)c(CC(C)(C)CC)c2cc(Br)c(F)cc21. The minimum Gasteiger partial charge on any atom is -0.378 e. The first-order valence-corrected chi connectivity index (χ1v) is 13.4. The van der Waals surface area contributed by atoms with Crippen molar-refractivity contribution in [3.05, 3.63) is 45.9 Å². The Hall–Kier alpha value is -1.96. The Morgan fingerprint density at radius 2 is 1.91 bits per heavy atom. The molecule has 1 atom stereocenters. The number of benzene rings is 1. The number of pyridine rings is 1. The number of methoxy groups -OCH3 is 1. The number of halogens is 2. The number of hydrogen-bond acceptors (Lipinski definition) is 4. The molecule has 190 valence electrons. The fourth-order valence-corrected chi connectivity index (χ4v) is 5.26. The summed E-state index contributed by atoms with van der Waals surface area (Å²) in [5, 5.41) is 1.09. The van der Waals surface area contributed by atoms with Crippen molar-refractivity contribution >= 4 is 32.5 Å². The fourth-order valence-electron chi connectivity index (χ4n) is 4.92. The number of rotatable bonds is 8. The number of morpholine rings is 1. The number of fused-ring (bicyclic) bond motifs is 1. The van der Waals surface area contributed by atoms with E-state index in [1.807, 2.05) is 19.2 Å². The molecule has 1 aromatic carbocycles. The van der Waals surface area contributed by atoms with Crippen molar-refractivity contribution in [2.45, 2.75) is 60.1 Å². The van der Waals surface area contributed by atoms with Gasteiger partial charge in [-0.3, -0.25) is 4.98 Å². The van der Waals surface area contributed by atoms with Crippen molar-refractivity contribution in [1.82, 2.24) is 9.55 Å². The van der Waals surface area contributed by atoms with Crippen molar-refractivity contribution < 1.29 is 13.9 Å². The first-order valence-electron chi connectivity index (χ1n) is 12.6. The monoisotopic (exact) mass is 545 g/mol. The maximum atomic E-state index is 14.8. The largest absolute Gasteiger partial charge is 0.378 e. The van der Waals surface area contributed by atoms with Gasteiger partial charge in [0.25, 0.3) is 0 Å². The molecule has 3 aromatic rings. The number of hydrogen-bond donors (Lipinski definition) is 0. The maximum Gasteiger partial charge on any atom is 0.139 e. The van der Waals surface area contributed by atoms with Gasteiger partial charge in [0, 0.05) is 37.7 Å². The Balaban J connectivity index is 2.05. The van der Waals surface area contributed by atoms with Crippen molar-refractivity contribution in [2.24, 2.45) is 5.41 Å². The van der Waals surface area contributed by atoms with Crippen LogP contribution in [-0.4, -0.2) is 43.0 Å². The molecule has 0 saturated carbocycles. The standard InChI is InChI=1S/C28H37BrFN3O2/c1-7-28(4,5)16-22-20-14-23(29)24(30)15-25(20)33(8-2)27(22)21-13-19(32-9-11-35-12-10-32)17-31-26(21)18(3)34-6/h13-15,17-18H,7-12,16H2,1-6H3. The van der Waals surface area contributed by atoms with Crippen molar-refractivity contribution in [1.29, 1.82) is 0 Å². The minimum absolute atomic E-state index is 0.0880. The predicted octanol–water partition coefficient (Wildman–Crippen LogP) is 7.15. The van der Waals surface area contributed by atoms with E-state index >= 15 is 0 Å². The fraction of sp³-hybridized carbons (Fsp3) is 0.536. The van der Waals surface area contributed by atoms with Gasteiger partial charge >= 0.3 is 0 Å². The molecule has 1 saturated heterocycles. The highest BCUT2D eigenvalue weighted by Gasteiger charge is 2.28. The minimum atomic E-state index is -0.247. The van der Waals surface area contributed by atoms with Crippen molar-refractivity contribution in [3.63, 3.8) is 0 Å². The summed E-state index contributed by atoms with van der Waals surface area (Å²) in [7, 11) is 1.72. The summed E-state index contributed by atoms with van der Waals surface area (Å²) in [6.07, 6.45) is 3.69. The van der Waals surface area contributed by atoms with Crippen LogP contribution in [0.15, 0.2) is 28.9 Å². The highest BCUT2D eigenvalue weighted by molar-refractivity contribution is 9.10. The third kappa shape index (κ3) is 5.13. The lowest BCUT2D eigenvalue weighted by Gasteiger charge is -2.30. The third-order valence-electron chi connectivity index (χ3n) is 7.41. The Bertz CT molecular complexity index is 1200. The summed E-state index contributed by atoms with van der Waals surface area (Å²) in [5.41, 5.74) is 6.39. The molecule has 0 radical (unpaired) electrons. The quantitative estimate of drug-likeness (QED) is 0.301. The van der Waals surface area contributed by atoms with Crippen LogP contribution in [0.25, 0.3) is 22.2 Å². The van der Waals surface area contributed by atoms with Gasteiger partial charge in [0.05, 0.1) is 52.6 Å². The molecule has 0 N–H and O–H groups in total. The molecular weight excluding hydrogens is 509 g/mol. The van der Waals surface area contributed by atoms with E-state index in [4.69, 9.17) is 14.5 Å². The lowest BCUT2D eigenvalue weighted by molar-refractivity contribution is 0.116. The first-order chi connectivity index (χ1) is 16.7. The summed E-state index contributed by atoms with van der Waals surface area (Å²) in [4.78, 5) is 7.26. The average Bonchev–Trinajstić information content (AvgIpc) is 3.15. The molecule has 5 nitrogen and oxygen atoms in total. The molecule has 4 rings (SSSR count). The summed E-state index contributed by atoms with van der Waals surface area (Å²) in [5.74, 6) is -0.247. The van der Waals surface area contributed by atoms with Gasteiger partial charge in [0.1, 0.15) is 5.82 Å². The summed E-state index contributed by atoms with van der Waals surface area (Å²) >= 11 is 3.44. The van der Waals surface area contributed by atoms with Gasteiger partial charge in [-0.2, -0.15) is 0 Å². The van der Waals surface area contributed by atoms with Crippen LogP contribution in [0.3, 0.4) is 0 Å². The highest BCUT2D eigenvalue weighted by atomic mass is 79.9. The molecule has 1 aliphatic rings. The lowest BCUT2D eigenvalue weighted by atomic mass is 9.81. The van der Waals surface area contributed by atoms with Gasteiger partial charge in [-0.1, -0.05) is 27.2 Å². The van der Waals surface area contributed by atoms with Crippen LogP contribution in [0.5, 0.6) is 0 Å². The summed E-state index contributed by atoms with van der Waals surface area (Å²) < 4.78 is 28.8. The summed E-state index contributed by atoms with van der Waals surface area (Å²) in [6, 6.07) is 5.85. The predicted molar refractivity (Wildman–Crippen MR) is 145 cm³/mol. The highest BCUT2D eigenvalue weighted by Crippen LogP contribution is 2.43. The molecule has 1 unspecified atom stereocenters. The van der Waals surface area contributed by atoms with Crippen LogP contribution in [0.4, 0.5) is 10.1 Å². The molecule has 2 aromatic heterocycles. The lowest BCUT2D eigenvalue weighted by Crippen LogP contribution is -2.36. The van der Waals surface area contributed by atoms with Gasteiger partial charge in [-0.25, -0.2) is 4.39 Å². The van der Waals surface area contributed by atoms with E-state index in [1.165, 1.54) is 5.56 Å². The van der Waals surface area contributed by atoms with Crippen molar-refractivity contribution in [3.8, 4) is 11.3 Å². The molecule has 0 aliphatic carbocycles. The molecular formula is C28H37BrFN3O2. The van der Waals surface area contributed by atoms with Crippen LogP contribution in [-0.2, 0) is 22.4 Å². The Morgan fingerprint density at radius 1 is 1.20 bits per heavy atom. The van der Waals surface area contributed by atoms with Crippen molar-refractivity contribution in [2.75, 3.05) is 38.3 Å². The topological polar surface area (TPSA) is 39.5 Å². The first kappa shape index (κ1) is 26.1. The van der Waals surface area contributed by atoms with E-state index in [9.17, 15) is 4.39 Å². The normalized spacial score (nSPS) is 15.7. The smallest absolute Gasteiger partial charge is 0.139 e. The van der Waals surface area contributed by atoms with Crippen LogP contribution >= 0.6 is 15.9 Å². The average molecular weight is 547 g/mol. The second-order valence-corrected chi connectivity index (χ2v) is 11.0. The van der Waals surface area contributed by atoms with Gasteiger partial charge in [-0.05, 0) is 65.4 Å². The molecule has 3 heterocycles. The molecule has 7 heteroatoms.